The van der Waals surface area contributed by atoms with Crippen LogP contribution in [-0.2, 0) is 9.59 Å². The van der Waals surface area contributed by atoms with Crippen molar-refractivity contribution in [3.05, 3.63) is 0 Å². The molecule has 0 aliphatic heterocycles. The molecule has 0 aromatic carbocycles. The smallest absolute Gasteiger partial charge is 0.207 e. The Morgan fingerprint density at radius 1 is 1.55 bits per heavy atom. The second-order valence-electron chi connectivity index (χ2n) is 3.54. The molecule has 0 saturated heterocycles. The van der Waals surface area contributed by atoms with Crippen molar-refractivity contribution in [2.75, 3.05) is 6.54 Å². The van der Waals surface area contributed by atoms with Crippen molar-refractivity contribution in [2.45, 2.75) is 27.2 Å². The lowest BCUT2D eigenvalue weighted by atomic mass is 9.88. The molecule has 0 aliphatic carbocycles. The van der Waals surface area contributed by atoms with Gasteiger partial charge in [-0.3, -0.25) is 4.79 Å². The molecule has 0 rings (SSSR count). The van der Waals surface area contributed by atoms with Gasteiger partial charge in [0.15, 0.2) is 0 Å². The maximum absolute atomic E-state index is 10.7. The number of nitrogens with one attached hydrogen (secondary N) is 1. The predicted octanol–water partition coefficient (Wildman–Crippen LogP) is 0.738. The quantitative estimate of drug-likeness (QED) is 0.598. The van der Waals surface area contributed by atoms with Gasteiger partial charge in [-0.15, -0.1) is 0 Å². The molecular formula is C8H15NO2. The van der Waals surface area contributed by atoms with Gasteiger partial charge in [0.05, 0.1) is 0 Å². The third-order valence-electron chi connectivity index (χ3n) is 1.39. The van der Waals surface area contributed by atoms with Crippen molar-refractivity contribution < 1.29 is 9.59 Å². The Labute approximate surface area is 67.2 Å². The molecule has 1 amide bonds. The van der Waals surface area contributed by atoms with Crippen molar-refractivity contribution in [2.24, 2.45) is 5.41 Å². The molecule has 0 atom stereocenters. The average Bonchev–Trinajstić information content (AvgIpc) is 1.81. The van der Waals surface area contributed by atoms with Gasteiger partial charge >= 0.3 is 0 Å². The average molecular weight is 157 g/mol. The van der Waals surface area contributed by atoms with Crippen LogP contribution in [-0.4, -0.2) is 18.7 Å². The maximum atomic E-state index is 10.7. The highest BCUT2D eigenvalue weighted by molar-refractivity contribution is 5.76. The first-order chi connectivity index (χ1) is 4.98. The van der Waals surface area contributed by atoms with Crippen LogP contribution in [0.5, 0.6) is 0 Å². The Kier molecular flexibility index (Phi) is 3.79. The van der Waals surface area contributed by atoms with Crippen LogP contribution in [0.15, 0.2) is 0 Å². The third kappa shape index (κ3) is 5.58. The number of Topliss-reactive ketones (excluding diaryl/α,β-unsaturated/α-hetero) is 1. The van der Waals surface area contributed by atoms with Gasteiger partial charge in [-0.05, 0) is 12.3 Å². The first kappa shape index (κ1) is 10.1. The Balaban J connectivity index is 3.78. The van der Waals surface area contributed by atoms with Crippen molar-refractivity contribution in [1.82, 2.24) is 5.32 Å². The maximum Gasteiger partial charge on any atom is 0.207 e. The zero-order valence-corrected chi connectivity index (χ0v) is 7.31. The predicted molar refractivity (Wildman–Crippen MR) is 43.1 cm³/mol. The van der Waals surface area contributed by atoms with Crippen LogP contribution in [0.4, 0.5) is 0 Å². The van der Waals surface area contributed by atoms with E-state index in [2.05, 4.69) is 5.32 Å². The minimum atomic E-state index is -0.118. The number of carbonyl (C=O) groups excluding carboxylic acids is 2. The molecule has 0 fully saturated rings. The van der Waals surface area contributed by atoms with Crippen LogP contribution >= 0.6 is 0 Å². The lowest BCUT2D eigenvalue weighted by Crippen LogP contribution is -2.30. The molecule has 11 heavy (non-hydrogen) atoms. The molecule has 0 heterocycles. The van der Waals surface area contributed by atoms with Gasteiger partial charge < -0.3 is 10.1 Å². The summed E-state index contributed by atoms with van der Waals surface area (Å²) < 4.78 is 0. The van der Waals surface area contributed by atoms with E-state index in [9.17, 15) is 9.59 Å². The molecular weight excluding hydrogens is 142 g/mol. The van der Waals surface area contributed by atoms with E-state index in [0.717, 1.165) is 0 Å². The van der Waals surface area contributed by atoms with E-state index in [4.69, 9.17) is 0 Å². The van der Waals surface area contributed by atoms with Crippen LogP contribution in [0.25, 0.3) is 0 Å². The summed E-state index contributed by atoms with van der Waals surface area (Å²) in [5.41, 5.74) is -0.118. The Bertz CT molecular complexity index is 152. The molecule has 1 N–H and O–H groups in total. The monoisotopic (exact) mass is 157 g/mol. The van der Waals surface area contributed by atoms with Crippen LogP contribution in [0.1, 0.15) is 27.2 Å². The van der Waals surface area contributed by atoms with E-state index in [1.54, 1.807) is 6.92 Å². The summed E-state index contributed by atoms with van der Waals surface area (Å²) in [4.78, 5) is 20.6. The van der Waals surface area contributed by atoms with Gasteiger partial charge in [0, 0.05) is 13.0 Å². The summed E-state index contributed by atoms with van der Waals surface area (Å²) in [7, 11) is 0. The number of amides is 1. The number of hydrogen-bond donors (Lipinski definition) is 1. The zero-order chi connectivity index (χ0) is 8.91. The van der Waals surface area contributed by atoms with Gasteiger partial charge in [0.1, 0.15) is 5.78 Å². The summed E-state index contributed by atoms with van der Waals surface area (Å²) in [6, 6.07) is 0. The molecule has 3 heteroatoms. The van der Waals surface area contributed by atoms with Crippen LogP contribution < -0.4 is 5.32 Å². The third-order valence-corrected chi connectivity index (χ3v) is 1.39. The molecule has 0 bridgehead atoms. The summed E-state index contributed by atoms with van der Waals surface area (Å²) in [5, 5.41) is 2.56. The summed E-state index contributed by atoms with van der Waals surface area (Å²) >= 11 is 0. The number of rotatable bonds is 5. The lowest BCUT2D eigenvalue weighted by Gasteiger charge is -2.21. The highest BCUT2D eigenvalue weighted by atomic mass is 16.1. The fourth-order valence-electron chi connectivity index (χ4n) is 1.05. The highest BCUT2D eigenvalue weighted by Gasteiger charge is 2.18. The zero-order valence-electron chi connectivity index (χ0n) is 7.31. The largest absolute Gasteiger partial charge is 0.358 e. The van der Waals surface area contributed by atoms with Gasteiger partial charge in [-0.25, -0.2) is 0 Å². The minimum Gasteiger partial charge on any atom is -0.358 e. The molecule has 0 spiro atoms. The van der Waals surface area contributed by atoms with Crippen molar-refractivity contribution >= 4 is 12.2 Å². The van der Waals surface area contributed by atoms with Crippen LogP contribution in [0.2, 0.25) is 0 Å². The molecule has 0 aliphatic rings. The Hall–Kier alpha value is -0.860. The molecule has 0 saturated carbocycles. The van der Waals surface area contributed by atoms with Gasteiger partial charge in [-0.1, -0.05) is 13.8 Å². The van der Waals surface area contributed by atoms with Crippen molar-refractivity contribution in [3.8, 4) is 0 Å². The molecule has 0 unspecified atom stereocenters. The summed E-state index contributed by atoms with van der Waals surface area (Å²) in [5.74, 6) is 0.155. The van der Waals surface area contributed by atoms with E-state index >= 15 is 0 Å². The first-order valence-electron chi connectivity index (χ1n) is 3.64. The summed E-state index contributed by atoms with van der Waals surface area (Å²) in [6.45, 7) is 6.01. The normalized spacial score (nSPS) is 10.8. The standard InChI is InChI=1S/C8H15NO2/c1-7(11)4-8(2,3)5-9-6-10/h6H,4-5H2,1-3H3,(H,9,10). The SMILES string of the molecule is CC(=O)CC(C)(C)CNC=O. The Morgan fingerprint density at radius 2 is 2.09 bits per heavy atom. The number of hydrogen-bond acceptors (Lipinski definition) is 2. The van der Waals surface area contributed by atoms with E-state index in [-0.39, 0.29) is 11.2 Å². The van der Waals surface area contributed by atoms with Gasteiger partial charge in [-0.2, -0.15) is 0 Å². The van der Waals surface area contributed by atoms with Crippen LogP contribution in [0.3, 0.4) is 0 Å². The van der Waals surface area contributed by atoms with Gasteiger partial charge in [0.2, 0.25) is 6.41 Å². The molecule has 0 radical (unpaired) electrons. The topological polar surface area (TPSA) is 46.2 Å². The highest BCUT2D eigenvalue weighted by Crippen LogP contribution is 2.18. The molecule has 64 valence electrons. The van der Waals surface area contributed by atoms with E-state index < -0.39 is 0 Å². The fourth-order valence-corrected chi connectivity index (χ4v) is 1.05. The molecule has 0 aromatic heterocycles. The van der Waals surface area contributed by atoms with Gasteiger partial charge in [0.25, 0.3) is 0 Å². The van der Waals surface area contributed by atoms with E-state index in [0.29, 0.717) is 19.4 Å². The number of ketones is 1. The van der Waals surface area contributed by atoms with E-state index in [1.807, 2.05) is 13.8 Å². The second kappa shape index (κ2) is 4.11. The molecule has 0 aromatic rings. The van der Waals surface area contributed by atoms with Crippen LogP contribution in [0, 0.1) is 5.41 Å². The van der Waals surface area contributed by atoms with Crippen molar-refractivity contribution in [1.29, 1.82) is 0 Å². The van der Waals surface area contributed by atoms with E-state index in [1.165, 1.54) is 0 Å². The van der Waals surface area contributed by atoms with Crippen molar-refractivity contribution in [3.63, 3.8) is 0 Å². The summed E-state index contributed by atoms with van der Waals surface area (Å²) in [6.07, 6.45) is 1.16. The second-order valence-corrected chi connectivity index (χ2v) is 3.54. The minimum absolute atomic E-state index is 0.118. The number of carbonyl (C=O) groups is 2. The Morgan fingerprint density at radius 3 is 2.45 bits per heavy atom. The lowest BCUT2D eigenvalue weighted by molar-refractivity contribution is -0.119. The molecule has 3 nitrogen and oxygen atoms in total. The first-order valence-corrected chi connectivity index (χ1v) is 3.64. The fraction of sp³-hybridized carbons (Fsp3) is 0.750.